The Morgan fingerprint density at radius 2 is 1.84 bits per heavy atom. The molecule has 0 aromatic carbocycles. The van der Waals surface area contributed by atoms with Gasteiger partial charge in [0.25, 0.3) is 0 Å². The predicted molar refractivity (Wildman–Crippen MR) is 73.9 cm³/mol. The van der Waals surface area contributed by atoms with Gasteiger partial charge in [-0.2, -0.15) is 0 Å². The van der Waals surface area contributed by atoms with Crippen LogP contribution in [0.2, 0.25) is 0 Å². The summed E-state index contributed by atoms with van der Waals surface area (Å²) in [6.45, 7) is 7.94. The fourth-order valence-electron chi connectivity index (χ4n) is 3.21. The molecule has 1 aliphatic carbocycles. The normalized spacial score (nSPS) is 28.7. The van der Waals surface area contributed by atoms with Crippen LogP contribution in [-0.2, 0) is 10.0 Å². The Hall–Kier alpha value is -0.980. The quantitative estimate of drug-likeness (QED) is 0.870. The summed E-state index contributed by atoms with van der Waals surface area (Å²) in [5, 5.41) is 0. The van der Waals surface area contributed by atoms with Gasteiger partial charge in [-0.25, -0.2) is 13.1 Å². The number of aromatic nitrogens is 1. The number of pyridine rings is 1. The van der Waals surface area contributed by atoms with E-state index in [4.69, 9.17) is 5.73 Å². The molecule has 1 aliphatic rings. The largest absolute Gasteiger partial charge is 0.327 e. The molecule has 1 aromatic heterocycles. The fraction of sp³-hybridized carbons (Fsp3) is 0.615. The van der Waals surface area contributed by atoms with Gasteiger partial charge in [0.05, 0.1) is 0 Å². The minimum Gasteiger partial charge on any atom is -0.327 e. The molecule has 3 N–H and O–H groups in total. The molecule has 1 heterocycles. The smallest absolute Gasteiger partial charge is 0.242 e. The average Bonchev–Trinajstić information content (AvgIpc) is 2.36. The van der Waals surface area contributed by atoms with E-state index in [0.29, 0.717) is 0 Å². The number of hydrogen-bond donors (Lipinski definition) is 2. The molecule has 0 aliphatic heterocycles. The van der Waals surface area contributed by atoms with E-state index in [2.05, 4.69) is 9.71 Å². The highest BCUT2D eigenvalue weighted by molar-refractivity contribution is 7.89. The highest BCUT2D eigenvalue weighted by atomic mass is 32.2. The topological polar surface area (TPSA) is 85.1 Å². The van der Waals surface area contributed by atoms with Crippen LogP contribution in [0, 0.1) is 10.8 Å². The van der Waals surface area contributed by atoms with Crippen LogP contribution in [0.25, 0.3) is 0 Å². The summed E-state index contributed by atoms with van der Waals surface area (Å²) < 4.78 is 27.4. The average molecular weight is 283 g/mol. The lowest BCUT2D eigenvalue weighted by Gasteiger charge is -2.62. The Balaban J connectivity index is 2.27. The van der Waals surface area contributed by atoms with Crippen molar-refractivity contribution in [3.05, 3.63) is 24.5 Å². The van der Waals surface area contributed by atoms with Crippen molar-refractivity contribution < 1.29 is 8.42 Å². The lowest BCUT2D eigenvalue weighted by molar-refractivity contribution is -0.0593. The van der Waals surface area contributed by atoms with E-state index in [9.17, 15) is 8.42 Å². The van der Waals surface area contributed by atoms with Crippen molar-refractivity contribution in [2.75, 3.05) is 0 Å². The molecule has 19 heavy (non-hydrogen) atoms. The summed E-state index contributed by atoms with van der Waals surface area (Å²) >= 11 is 0. The summed E-state index contributed by atoms with van der Waals surface area (Å²) in [6.07, 6.45) is 2.90. The number of rotatable bonds is 3. The van der Waals surface area contributed by atoms with Gasteiger partial charge in [-0.15, -0.1) is 0 Å². The van der Waals surface area contributed by atoms with Crippen molar-refractivity contribution in [1.29, 1.82) is 0 Å². The van der Waals surface area contributed by atoms with Gasteiger partial charge in [0.2, 0.25) is 10.0 Å². The second-order valence-corrected chi connectivity index (χ2v) is 8.08. The third-order valence-corrected chi connectivity index (χ3v) is 5.72. The Morgan fingerprint density at radius 1 is 1.26 bits per heavy atom. The Morgan fingerprint density at radius 3 is 2.32 bits per heavy atom. The molecule has 0 saturated heterocycles. The van der Waals surface area contributed by atoms with Crippen molar-refractivity contribution >= 4 is 10.0 Å². The summed E-state index contributed by atoms with van der Waals surface area (Å²) in [5.41, 5.74) is 5.60. The first kappa shape index (κ1) is 14.4. The molecule has 0 radical (unpaired) electrons. The maximum absolute atomic E-state index is 12.3. The van der Waals surface area contributed by atoms with Gasteiger partial charge >= 0.3 is 0 Å². The van der Waals surface area contributed by atoms with E-state index in [1.807, 2.05) is 27.7 Å². The molecular formula is C13H21N3O2S. The first-order valence-electron chi connectivity index (χ1n) is 6.28. The SMILES string of the molecule is CC1(C)C(N)C(C)(C)C1NS(=O)(=O)c1cccnc1. The third kappa shape index (κ3) is 2.17. The molecule has 0 amide bonds. The second-order valence-electron chi connectivity index (χ2n) is 6.36. The van der Waals surface area contributed by atoms with Crippen LogP contribution in [0.1, 0.15) is 27.7 Å². The molecular weight excluding hydrogens is 262 g/mol. The first-order chi connectivity index (χ1) is 8.60. The van der Waals surface area contributed by atoms with Crippen LogP contribution >= 0.6 is 0 Å². The van der Waals surface area contributed by atoms with E-state index in [0.717, 1.165) is 0 Å². The molecule has 0 spiro atoms. The van der Waals surface area contributed by atoms with Gasteiger partial charge < -0.3 is 5.73 Å². The molecule has 1 saturated carbocycles. The van der Waals surface area contributed by atoms with Crippen LogP contribution in [0.5, 0.6) is 0 Å². The Bertz CT molecular complexity index is 551. The lowest BCUT2D eigenvalue weighted by atomic mass is 9.49. The van der Waals surface area contributed by atoms with Crippen LogP contribution in [-0.4, -0.2) is 25.5 Å². The predicted octanol–water partition coefficient (Wildman–Crippen LogP) is 1.12. The maximum Gasteiger partial charge on any atom is 0.242 e. The molecule has 106 valence electrons. The number of nitrogens with two attached hydrogens (primary N) is 1. The molecule has 6 heteroatoms. The van der Waals surface area contributed by atoms with E-state index in [1.165, 1.54) is 12.3 Å². The zero-order valence-electron chi connectivity index (χ0n) is 11.7. The van der Waals surface area contributed by atoms with E-state index in [-0.39, 0.29) is 27.8 Å². The van der Waals surface area contributed by atoms with Gasteiger partial charge in [-0.1, -0.05) is 27.7 Å². The minimum absolute atomic E-state index is 0.0402. The minimum atomic E-state index is -3.55. The van der Waals surface area contributed by atoms with Crippen LogP contribution in [0.3, 0.4) is 0 Å². The summed E-state index contributed by atoms with van der Waals surface area (Å²) in [6, 6.07) is 2.91. The van der Waals surface area contributed by atoms with Gasteiger partial charge in [0.15, 0.2) is 0 Å². The third-order valence-electron chi connectivity index (χ3n) is 4.31. The van der Waals surface area contributed by atoms with E-state index in [1.54, 1.807) is 12.3 Å². The molecule has 0 unspecified atom stereocenters. The van der Waals surface area contributed by atoms with E-state index < -0.39 is 10.0 Å². The van der Waals surface area contributed by atoms with Crippen LogP contribution in [0.15, 0.2) is 29.4 Å². The molecule has 5 nitrogen and oxygen atoms in total. The summed E-state index contributed by atoms with van der Waals surface area (Å²) in [5.74, 6) is 0. The van der Waals surface area contributed by atoms with Crippen molar-refractivity contribution in [3.8, 4) is 0 Å². The van der Waals surface area contributed by atoms with Crippen LogP contribution < -0.4 is 10.5 Å². The fourth-order valence-corrected chi connectivity index (χ4v) is 4.72. The van der Waals surface area contributed by atoms with Crippen molar-refractivity contribution in [2.24, 2.45) is 16.6 Å². The number of nitrogens with one attached hydrogen (secondary N) is 1. The molecule has 0 bridgehead atoms. The number of hydrogen-bond acceptors (Lipinski definition) is 4. The Kier molecular flexibility index (Phi) is 3.24. The zero-order valence-corrected chi connectivity index (χ0v) is 12.5. The van der Waals surface area contributed by atoms with Crippen LogP contribution in [0.4, 0.5) is 0 Å². The van der Waals surface area contributed by atoms with Crippen molar-refractivity contribution in [1.82, 2.24) is 9.71 Å². The standard InChI is InChI=1S/C13H21N3O2S/c1-12(2)10(14)13(3,4)11(12)16-19(17,18)9-6-5-7-15-8-9/h5-8,10-11,16H,14H2,1-4H3. The van der Waals surface area contributed by atoms with Crippen molar-refractivity contribution in [3.63, 3.8) is 0 Å². The zero-order chi connectivity index (χ0) is 14.5. The number of nitrogens with zero attached hydrogens (tertiary/aromatic N) is 1. The van der Waals surface area contributed by atoms with Gasteiger partial charge in [0.1, 0.15) is 4.90 Å². The molecule has 1 aromatic rings. The van der Waals surface area contributed by atoms with E-state index >= 15 is 0 Å². The van der Waals surface area contributed by atoms with Gasteiger partial charge in [-0.05, 0) is 23.0 Å². The first-order valence-corrected chi connectivity index (χ1v) is 7.76. The molecule has 1 fully saturated rings. The van der Waals surface area contributed by atoms with Gasteiger partial charge in [0, 0.05) is 24.5 Å². The molecule has 0 atom stereocenters. The highest BCUT2D eigenvalue weighted by Crippen LogP contribution is 2.52. The lowest BCUT2D eigenvalue weighted by Crippen LogP contribution is -2.75. The highest BCUT2D eigenvalue weighted by Gasteiger charge is 2.61. The van der Waals surface area contributed by atoms with Crippen molar-refractivity contribution in [2.45, 2.75) is 44.7 Å². The maximum atomic E-state index is 12.3. The molecule has 2 rings (SSSR count). The summed E-state index contributed by atoms with van der Waals surface area (Å²) in [7, 11) is -3.55. The van der Waals surface area contributed by atoms with Gasteiger partial charge in [-0.3, -0.25) is 4.98 Å². The number of sulfonamides is 1. The second kappa shape index (κ2) is 4.26. The Labute approximate surface area is 114 Å². The monoisotopic (exact) mass is 283 g/mol. The summed E-state index contributed by atoms with van der Waals surface area (Å²) in [4.78, 5) is 4.03.